The minimum Gasteiger partial charge on any atom is -0.313 e. The number of hydrogen-bond donors (Lipinski definition) is 1. The lowest BCUT2D eigenvalue weighted by Gasteiger charge is -2.29. The third-order valence-electron chi connectivity index (χ3n) is 2.46. The van der Waals surface area contributed by atoms with Crippen LogP contribution in [-0.4, -0.2) is 18.1 Å². The molecular formula is C10H13FN2. The quantitative estimate of drug-likeness (QED) is 0.710. The van der Waals surface area contributed by atoms with Gasteiger partial charge in [0.05, 0.1) is 5.69 Å². The van der Waals surface area contributed by atoms with Crippen LogP contribution in [0.2, 0.25) is 0 Å². The van der Waals surface area contributed by atoms with Crippen molar-refractivity contribution in [2.24, 2.45) is 0 Å². The zero-order chi connectivity index (χ0) is 9.15. The lowest BCUT2D eigenvalue weighted by atomic mass is 9.92. The summed E-state index contributed by atoms with van der Waals surface area (Å²) < 4.78 is 14.2. The average molecular weight is 180 g/mol. The summed E-state index contributed by atoms with van der Waals surface area (Å²) in [5.74, 6) is 0. The first-order valence-electron chi connectivity index (χ1n) is 4.62. The molecule has 0 bridgehead atoms. The summed E-state index contributed by atoms with van der Waals surface area (Å²) in [6.07, 6.45) is 3.11. The molecule has 1 saturated heterocycles. The zero-order valence-corrected chi connectivity index (χ0v) is 7.46. The first kappa shape index (κ1) is 8.63. The first-order chi connectivity index (χ1) is 6.31. The summed E-state index contributed by atoms with van der Waals surface area (Å²) in [6.45, 7) is 1.31. The van der Waals surface area contributed by atoms with E-state index in [-0.39, 0.29) is 0 Å². The second kappa shape index (κ2) is 3.42. The Bertz CT molecular complexity index is 268. The molecule has 3 heteroatoms. The summed E-state index contributed by atoms with van der Waals surface area (Å²) in [4.78, 5) is 4.06. The predicted octanol–water partition coefficient (Wildman–Crippen LogP) is 1.63. The number of alkyl halides is 1. The van der Waals surface area contributed by atoms with Crippen LogP contribution in [0.25, 0.3) is 0 Å². The molecule has 1 aromatic rings. The van der Waals surface area contributed by atoms with Crippen molar-refractivity contribution in [3.63, 3.8) is 0 Å². The Balaban J connectivity index is 2.23. The van der Waals surface area contributed by atoms with Gasteiger partial charge in [0.1, 0.15) is 0 Å². The van der Waals surface area contributed by atoms with Gasteiger partial charge in [0.2, 0.25) is 0 Å². The van der Waals surface area contributed by atoms with E-state index in [9.17, 15) is 4.39 Å². The van der Waals surface area contributed by atoms with Crippen molar-refractivity contribution in [3.05, 3.63) is 30.1 Å². The molecule has 0 radical (unpaired) electrons. The van der Waals surface area contributed by atoms with Gasteiger partial charge in [-0.1, -0.05) is 6.07 Å². The second-order valence-electron chi connectivity index (χ2n) is 3.46. The van der Waals surface area contributed by atoms with Gasteiger partial charge in [-0.25, -0.2) is 4.39 Å². The normalized spacial score (nSPS) is 28.7. The van der Waals surface area contributed by atoms with Gasteiger partial charge in [-0.3, -0.25) is 4.98 Å². The van der Waals surface area contributed by atoms with Crippen molar-refractivity contribution < 1.29 is 4.39 Å². The van der Waals surface area contributed by atoms with Crippen LogP contribution >= 0.6 is 0 Å². The zero-order valence-electron chi connectivity index (χ0n) is 7.46. The van der Waals surface area contributed by atoms with Crippen LogP contribution < -0.4 is 5.32 Å². The number of pyridine rings is 1. The van der Waals surface area contributed by atoms with Gasteiger partial charge in [0, 0.05) is 12.7 Å². The number of nitrogens with one attached hydrogen (secondary N) is 1. The van der Waals surface area contributed by atoms with Crippen molar-refractivity contribution in [3.8, 4) is 0 Å². The van der Waals surface area contributed by atoms with E-state index in [1.807, 2.05) is 12.1 Å². The average Bonchev–Trinajstić information content (AvgIpc) is 2.20. The molecule has 0 amide bonds. The van der Waals surface area contributed by atoms with Crippen molar-refractivity contribution in [1.29, 1.82) is 0 Å². The highest BCUT2D eigenvalue weighted by molar-refractivity contribution is 5.14. The van der Waals surface area contributed by atoms with Gasteiger partial charge in [-0.15, -0.1) is 0 Å². The topological polar surface area (TPSA) is 24.9 Å². The molecule has 2 nitrogen and oxygen atoms in total. The Kier molecular flexibility index (Phi) is 2.27. The highest BCUT2D eigenvalue weighted by atomic mass is 19.1. The number of piperidine rings is 1. The monoisotopic (exact) mass is 180 g/mol. The van der Waals surface area contributed by atoms with Crippen molar-refractivity contribution in [2.45, 2.75) is 18.5 Å². The number of nitrogens with zero attached hydrogens (tertiary/aromatic N) is 1. The second-order valence-corrected chi connectivity index (χ2v) is 3.46. The molecule has 1 fully saturated rings. The molecule has 0 spiro atoms. The van der Waals surface area contributed by atoms with E-state index in [4.69, 9.17) is 0 Å². The van der Waals surface area contributed by atoms with E-state index < -0.39 is 5.67 Å². The van der Waals surface area contributed by atoms with Crippen LogP contribution in [0.4, 0.5) is 4.39 Å². The minimum absolute atomic E-state index is 0.393. The SMILES string of the molecule is FC1(c2ccccn2)CCCNC1. The minimum atomic E-state index is -1.25. The molecule has 70 valence electrons. The molecule has 2 rings (SSSR count). The molecule has 0 aromatic carbocycles. The Morgan fingerprint density at radius 1 is 1.46 bits per heavy atom. The summed E-state index contributed by atoms with van der Waals surface area (Å²) in [7, 11) is 0. The van der Waals surface area contributed by atoms with Gasteiger partial charge >= 0.3 is 0 Å². The summed E-state index contributed by atoms with van der Waals surface area (Å²) in [5, 5.41) is 3.06. The molecule has 2 heterocycles. The largest absolute Gasteiger partial charge is 0.313 e. The molecule has 1 aliphatic rings. The van der Waals surface area contributed by atoms with Crippen molar-refractivity contribution >= 4 is 0 Å². The third kappa shape index (κ3) is 1.70. The maximum Gasteiger partial charge on any atom is 0.165 e. The van der Waals surface area contributed by atoms with Crippen LogP contribution in [0.1, 0.15) is 18.5 Å². The van der Waals surface area contributed by atoms with E-state index in [0.29, 0.717) is 18.7 Å². The van der Waals surface area contributed by atoms with Gasteiger partial charge in [0.15, 0.2) is 5.67 Å². The maximum atomic E-state index is 14.2. The Morgan fingerprint density at radius 3 is 3.00 bits per heavy atom. The number of halogens is 1. The Hall–Kier alpha value is -0.960. The fraction of sp³-hybridized carbons (Fsp3) is 0.500. The molecule has 1 unspecified atom stereocenters. The standard InChI is InChI=1S/C10H13FN2/c11-10(5-3-6-12-8-10)9-4-1-2-7-13-9/h1-2,4,7,12H,3,5-6,8H2. The Labute approximate surface area is 77.2 Å². The summed E-state index contributed by atoms with van der Waals surface area (Å²) in [5.41, 5.74) is -0.693. The number of aromatic nitrogens is 1. The fourth-order valence-electron chi connectivity index (χ4n) is 1.71. The molecule has 1 N–H and O–H groups in total. The van der Waals surface area contributed by atoms with Gasteiger partial charge in [-0.05, 0) is 31.5 Å². The van der Waals surface area contributed by atoms with Gasteiger partial charge < -0.3 is 5.32 Å². The smallest absolute Gasteiger partial charge is 0.165 e. The summed E-state index contributed by atoms with van der Waals surface area (Å²) in [6, 6.07) is 5.40. The molecule has 1 aliphatic heterocycles. The maximum absolute atomic E-state index is 14.2. The Morgan fingerprint density at radius 2 is 2.38 bits per heavy atom. The van der Waals surface area contributed by atoms with E-state index in [0.717, 1.165) is 13.0 Å². The highest BCUT2D eigenvalue weighted by Gasteiger charge is 2.34. The van der Waals surface area contributed by atoms with Gasteiger partial charge in [0.25, 0.3) is 0 Å². The fourth-order valence-corrected chi connectivity index (χ4v) is 1.71. The molecular weight excluding hydrogens is 167 g/mol. The molecule has 1 aromatic heterocycles. The van der Waals surface area contributed by atoms with E-state index in [2.05, 4.69) is 10.3 Å². The van der Waals surface area contributed by atoms with Gasteiger partial charge in [-0.2, -0.15) is 0 Å². The molecule has 1 atom stereocenters. The molecule has 0 saturated carbocycles. The van der Waals surface area contributed by atoms with Crippen LogP contribution in [0, 0.1) is 0 Å². The van der Waals surface area contributed by atoms with Crippen molar-refractivity contribution in [2.75, 3.05) is 13.1 Å². The van der Waals surface area contributed by atoms with E-state index in [1.54, 1.807) is 12.3 Å². The molecule has 0 aliphatic carbocycles. The van der Waals surface area contributed by atoms with Crippen LogP contribution in [0.5, 0.6) is 0 Å². The number of rotatable bonds is 1. The highest BCUT2D eigenvalue weighted by Crippen LogP contribution is 2.30. The lowest BCUT2D eigenvalue weighted by Crippen LogP contribution is -2.40. The molecule has 13 heavy (non-hydrogen) atoms. The lowest BCUT2D eigenvalue weighted by molar-refractivity contribution is 0.116. The van der Waals surface area contributed by atoms with E-state index >= 15 is 0 Å². The summed E-state index contributed by atoms with van der Waals surface area (Å²) >= 11 is 0. The van der Waals surface area contributed by atoms with Crippen molar-refractivity contribution in [1.82, 2.24) is 10.3 Å². The van der Waals surface area contributed by atoms with Crippen LogP contribution in [-0.2, 0) is 5.67 Å². The third-order valence-corrected chi connectivity index (χ3v) is 2.46. The van der Waals surface area contributed by atoms with E-state index in [1.165, 1.54) is 0 Å². The predicted molar refractivity (Wildman–Crippen MR) is 49.1 cm³/mol. The number of hydrogen-bond acceptors (Lipinski definition) is 2. The van der Waals surface area contributed by atoms with Crippen LogP contribution in [0.15, 0.2) is 24.4 Å². The van der Waals surface area contributed by atoms with Crippen LogP contribution in [0.3, 0.4) is 0 Å². The first-order valence-corrected chi connectivity index (χ1v) is 4.62.